The van der Waals surface area contributed by atoms with Crippen LogP contribution in [-0.2, 0) is 6.54 Å². The number of nitrogens with zero attached hydrogens (tertiary/aromatic N) is 2. The summed E-state index contributed by atoms with van der Waals surface area (Å²) in [5.74, 6) is -0.626. The lowest BCUT2D eigenvalue weighted by atomic mass is 10.2. The van der Waals surface area contributed by atoms with Gasteiger partial charge in [-0.1, -0.05) is 33.6 Å². The average molecular weight is 423 g/mol. The van der Waals surface area contributed by atoms with Gasteiger partial charge in [-0.3, -0.25) is 4.79 Å². The van der Waals surface area contributed by atoms with Gasteiger partial charge in [0.25, 0.3) is 5.91 Å². The predicted molar refractivity (Wildman–Crippen MR) is 98.6 cm³/mol. The number of amides is 1. The number of halogens is 3. The van der Waals surface area contributed by atoms with E-state index in [1.165, 1.54) is 18.3 Å². The SMILES string of the molecule is Cc1c(C(=O)NCc2cc(F)ccc2Br)cnn1-c1cccc(Cl)c1. The largest absolute Gasteiger partial charge is 0.348 e. The van der Waals surface area contributed by atoms with Crippen molar-refractivity contribution in [1.29, 1.82) is 0 Å². The van der Waals surface area contributed by atoms with Crippen LogP contribution in [0.1, 0.15) is 21.6 Å². The summed E-state index contributed by atoms with van der Waals surface area (Å²) in [5.41, 5.74) is 2.58. The molecule has 128 valence electrons. The van der Waals surface area contributed by atoms with Gasteiger partial charge in [0.15, 0.2) is 0 Å². The van der Waals surface area contributed by atoms with Crippen LogP contribution in [0.25, 0.3) is 5.69 Å². The molecule has 1 heterocycles. The summed E-state index contributed by atoms with van der Waals surface area (Å²) in [6.45, 7) is 2.01. The maximum absolute atomic E-state index is 13.3. The zero-order valence-electron chi connectivity index (χ0n) is 13.3. The van der Waals surface area contributed by atoms with Crippen molar-refractivity contribution in [3.8, 4) is 5.69 Å². The predicted octanol–water partition coefficient (Wildman–Crippen LogP) is 4.67. The van der Waals surface area contributed by atoms with Gasteiger partial charge in [0.1, 0.15) is 5.82 Å². The highest BCUT2D eigenvalue weighted by Gasteiger charge is 2.15. The lowest BCUT2D eigenvalue weighted by molar-refractivity contribution is 0.0950. The van der Waals surface area contributed by atoms with E-state index in [9.17, 15) is 9.18 Å². The minimum atomic E-state index is -0.350. The van der Waals surface area contributed by atoms with Gasteiger partial charge in [0.05, 0.1) is 23.1 Å². The second kappa shape index (κ2) is 7.37. The highest BCUT2D eigenvalue weighted by molar-refractivity contribution is 9.10. The first-order valence-corrected chi connectivity index (χ1v) is 8.65. The number of nitrogens with one attached hydrogen (secondary N) is 1. The fourth-order valence-electron chi connectivity index (χ4n) is 2.45. The minimum Gasteiger partial charge on any atom is -0.348 e. The van der Waals surface area contributed by atoms with Crippen LogP contribution in [0, 0.1) is 12.7 Å². The summed E-state index contributed by atoms with van der Waals surface area (Å²) >= 11 is 9.35. The van der Waals surface area contributed by atoms with Gasteiger partial charge >= 0.3 is 0 Å². The van der Waals surface area contributed by atoms with Crippen LogP contribution in [0.2, 0.25) is 5.02 Å². The molecule has 1 amide bonds. The highest BCUT2D eigenvalue weighted by Crippen LogP contribution is 2.19. The molecule has 0 fully saturated rings. The summed E-state index contributed by atoms with van der Waals surface area (Å²) in [7, 11) is 0. The van der Waals surface area contributed by atoms with E-state index in [4.69, 9.17) is 11.6 Å². The lowest BCUT2D eigenvalue weighted by Crippen LogP contribution is -2.23. The smallest absolute Gasteiger partial charge is 0.255 e. The van der Waals surface area contributed by atoms with Crippen molar-refractivity contribution in [3.05, 3.63) is 80.8 Å². The maximum atomic E-state index is 13.3. The molecular weight excluding hydrogens is 409 g/mol. The Kier molecular flexibility index (Phi) is 5.20. The van der Waals surface area contributed by atoms with Crippen molar-refractivity contribution >= 4 is 33.4 Å². The molecule has 0 aliphatic rings. The third-order valence-electron chi connectivity index (χ3n) is 3.75. The van der Waals surface area contributed by atoms with Gasteiger partial charge in [-0.25, -0.2) is 9.07 Å². The number of aromatic nitrogens is 2. The van der Waals surface area contributed by atoms with Gasteiger partial charge in [0, 0.05) is 16.0 Å². The van der Waals surface area contributed by atoms with E-state index in [0.717, 1.165) is 10.2 Å². The number of hydrogen-bond donors (Lipinski definition) is 1. The Balaban J connectivity index is 1.78. The minimum absolute atomic E-state index is 0.207. The van der Waals surface area contributed by atoms with Gasteiger partial charge in [-0.05, 0) is 48.9 Å². The van der Waals surface area contributed by atoms with E-state index in [-0.39, 0.29) is 18.3 Å². The van der Waals surface area contributed by atoms with E-state index in [1.807, 2.05) is 12.1 Å². The van der Waals surface area contributed by atoms with Crippen molar-refractivity contribution in [2.24, 2.45) is 0 Å². The Morgan fingerprint density at radius 2 is 2.12 bits per heavy atom. The maximum Gasteiger partial charge on any atom is 0.255 e. The van der Waals surface area contributed by atoms with E-state index in [2.05, 4.69) is 26.3 Å². The Labute approximate surface area is 157 Å². The van der Waals surface area contributed by atoms with Crippen LogP contribution < -0.4 is 5.32 Å². The summed E-state index contributed by atoms with van der Waals surface area (Å²) in [4.78, 5) is 12.4. The number of carbonyl (C=O) groups excluding carboxylic acids is 1. The summed E-state index contributed by atoms with van der Waals surface area (Å²) in [6, 6.07) is 11.6. The molecule has 0 saturated carbocycles. The van der Waals surface area contributed by atoms with Crippen molar-refractivity contribution in [2.75, 3.05) is 0 Å². The zero-order valence-corrected chi connectivity index (χ0v) is 15.6. The van der Waals surface area contributed by atoms with E-state index < -0.39 is 0 Å². The molecule has 1 aromatic heterocycles. The first kappa shape index (κ1) is 17.6. The number of benzene rings is 2. The third kappa shape index (κ3) is 3.91. The van der Waals surface area contributed by atoms with Gasteiger partial charge in [-0.15, -0.1) is 0 Å². The molecule has 0 radical (unpaired) electrons. The molecule has 7 heteroatoms. The van der Waals surface area contributed by atoms with Crippen LogP contribution in [0.3, 0.4) is 0 Å². The normalized spacial score (nSPS) is 10.7. The molecule has 0 atom stereocenters. The van der Waals surface area contributed by atoms with Crippen LogP contribution in [-0.4, -0.2) is 15.7 Å². The van der Waals surface area contributed by atoms with E-state index in [1.54, 1.807) is 29.8 Å². The van der Waals surface area contributed by atoms with Crippen molar-refractivity contribution in [2.45, 2.75) is 13.5 Å². The van der Waals surface area contributed by atoms with Crippen LogP contribution in [0.15, 0.2) is 53.1 Å². The molecular formula is C18H14BrClFN3O. The van der Waals surface area contributed by atoms with Crippen molar-refractivity contribution < 1.29 is 9.18 Å². The fraction of sp³-hybridized carbons (Fsp3) is 0.111. The first-order valence-electron chi connectivity index (χ1n) is 7.48. The van der Waals surface area contributed by atoms with Crippen molar-refractivity contribution in [1.82, 2.24) is 15.1 Å². The zero-order chi connectivity index (χ0) is 18.0. The Hall–Kier alpha value is -2.18. The average Bonchev–Trinajstić information content (AvgIpc) is 2.97. The van der Waals surface area contributed by atoms with Gasteiger partial charge < -0.3 is 5.32 Å². The third-order valence-corrected chi connectivity index (χ3v) is 4.76. The molecule has 1 N–H and O–H groups in total. The van der Waals surface area contributed by atoms with E-state index >= 15 is 0 Å². The number of rotatable bonds is 4. The summed E-state index contributed by atoms with van der Waals surface area (Å²) < 4.78 is 15.7. The van der Waals surface area contributed by atoms with Gasteiger partial charge in [-0.2, -0.15) is 5.10 Å². The Bertz CT molecular complexity index is 942. The molecule has 0 unspecified atom stereocenters. The molecule has 3 rings (SSSR count). The number of carbonyl (C=O) groups is 1. The Morgan fingerprint density at radius 3 is 2.88 bits per heavy atom. The lowest BCUT2D eigenvalue weighted by Gasteiger charge is -2.08. The second-order valence-corrected chi connectivity index (χ2v) is 6.74. The van der Waals surface area contributed by atoms with E-state index in [0.29, 0.717) is 21.8 Å². The van der Waals surface area contributed by atoms with Gasteiger partial charge in [0.2, 0.25) is 0 Å². The molecule has 4 nitrogen and oxygen atoms in total. The summed E-state index contributed by atoms with van der Waals surface area (Å²) in [6.07, 6.45) is 1.51. The topological polar surface area (TPSA) is 46.9 Å². The first-order chi connectivity index (χ1) is 12.0. The molecule has 2 aromatic carbocycles. The van der Waals surface area contributed by atoms with Crippen LogP contribution in [0.4, 0.5) is 4.39 Å². The fourth-order valence-corrected chi connectivity index (χ4v) is 3.02. The molecule has 0 spiro atoms. The monoisotopic (exact) mass is 421 g/mol. The second-order valence-electron chi connectivity index (χ2n) is 5.45. The molecule has 0 saturated heterocycles. The molecule has 3 aromatic rings. The Morgan fingerprint density at radius 1 is 1.32 bits per heavy atom. The highest BCUT2D eigenvalue weighted by atomic mass is 79.9. The molecule has 0 aliphatic heterocycles. The number of hydrogen-bond acceptors (Lipinski definition) is 2. The molecule has 0 bridgehead atoms. The molecule has 0 aliphatic carbocycles. The summed E-state index contributed by atoms with van der Waals surface area (Å²) in [5, 5.41) is 7.64. The standard InChI is InChI=1S/C18H14BrClFN3O/c1-11-16(10-23-24(11)15-4-2-3-13(20)8-15)18(25)22-9-12-7-14(21)5-6-17(12)19/h2-8,10H,9H2,1H3,(H,22,25). The van der Waals surface area contributed by atoms with Crippen LogP contribution >= 0.6 is 27.5 Å². The quantitative estimate of drug-likeness (QED) is 0.664. The van der Waals surface area contributed by atoms with Crippen LogP contribution in [0.5, 0.6) is 0 Å². The van der Waals surface area contributed by atoms with Crippen molar-refractivity contribution in [3.63, 3.8) is 0 Å². The molecule has 25 heavy (non-hydrogen) atoms.